The Hall–Kier alpha value is -1.84. The summed E-state index contributed by atoms with van der Waals surface area (Å²) in [7, 11) is 1.31. The van der Waals surface area contributed by atoms with Gasteiger partial charge in [0.25, 0.3) is 0 Å². The van der Waals surface area contributed by atoms with E-state index in [4.69, 9.17) is 0 Å². The van der Waals surface area contributed by atoms with Crippen molar-refractivity contribution in [2.75, 3.05) is 12.4 Å². The van der Waals surface area contributed by atoms with Crippen LogP contribution in [0.5, 0.6) is 0 Å². The molecule has 4 nitrogen and oxygen atoms in total. The summed E-state index contributed by atoms with van der Waals surface area (Å²) in [6.45, 7) is 1.87. The van der Waals surface area contributed by atoms with Gasteiger partial charge in [0, 0.05) is 12.1 Å². The van der Waals surface area contributed by atoms with E-state index in [9.17, 15) is 9.59 Å². The third kappa shape index (κ3) is 3.09. The van der Waals surface area contributed by atoms with Gasteiger partial charge in [-0.2, -0.15) is 0 Å². The second-order valence-corrected chi connectivity index (χ2v) is 3.14. The summed E-state index contributed by atoms with van der Waals surface area (Å²) in [6, 6.07) is 5.47. The molecule has 0 aliphatic carbocycles. The molecule has 0 aromatic heterocycles. The fraction of sp³-hybridized carbons (Fsp3) is 0.273. The number of anilines is 1. The van der Waals surface area contributed by atoms with Crippen molar-refractivity contribution >= 4 is 18.1 Å². The molecule has 15 heavy (non-hydrogen) atoms. The van der Waals surface area contributed by atoms with Crippen LogP contribution in [0.4, 0.5) is 10.5 Å². The van der Waals surface area contributed by atoms with Crippen LogP contribution in [0.3, 0.4) is 0 Å². The third-order valence-corrected chi connectivity index (χ3v) is 2.04. The van der Waals surface area contributed by atoms with Gasteiger partial charge in [0.05, 0.1) is 7.11 Å². The molecular weight excluding hydrogens is 194 g/mol. The number of amides is 1. The molecule has 1 rings (SSSR count). The molecule has 0 aliphatic rings. The summed E-state index contributed by atoms with van der Waals surface area (Å²) < 4.78 is 4.49. The highest BCUT2D eigenvalue weighted by molar-refractivity contribution is 5.85. The molecule has 0 atom stereocenters. The quantitative estimate of drug-likeness (QED) is 0.770. The van der Waals surface area contributed by atoms with Gasteiger partial charge in [-0.3, -0.25) is 5.32 Å². The first-order valence-corrected chi connectivity index (χ1v) is 4.55. The van der Waals surface area contributed by atoms with Crippen molar-refractivity contribution in [3.05, 3.63) is 29.3 Å². The van der Waals surface area contributed by atoms with E-state index in [-0.39, 0.29) is 0 Å². The van der Waals surface area contributed by atoms with Crippen LogP contribution < -0.4 is 5.32 Å². The van der Waals surface area contributed by atoms with E-state index in [1.807, 2.05) is 19.1 Å². The highest BCUT2D eigenvalue weighted by atomic mass is 16.5. The number of aryl methyl sites for hydroxylation is 1. The predicted octanol–water partition coefficient (Wildman–Crippen LogP) is 1.91. The molecule has 0 spiro atoms. The SMILES string of the molecule is COC(=O)Nc1cc(CC=O)ccc1C. The van der Waals surface area contributed by atoms with Crippen molar-refractivity contribution in [3.8, 4) is 0 Å². The molecule has 0 bridgehead atoms. The Morgan fingerprint density at radius 1 is 1.53 bits per heavy atom. The monoisotopic (exact) mass is 207 g/mol. The van der Waals surface area contributed by atoms with E-state index >= 15 is 0 Å². The number of aldehydes is 1. The lowest BCUT2D eigenvalue weighted by molar-refractivity contribution is -0.107. The zero-order chi connectivity index (χ0) is 11.3. The van der Waals surface area contributed by atoms with Crippen LogP contribution in [0.15, 0.2) is 18.2 Å². The van der Waals surface area contributed by atoms with Gasteiger partial charge in [-0.25, -0.2) is 4.79 Å². The van der Waals surface area contributed by atoms with Gasteiger partial charge < -0.3 is 9.53 Å². The topological polar surface area (TPSA) is 55.4 Å². The van der Waals surface area contributed by atoms with E-state index < -0.39 is 6.09 Å². The number of carbonyl (C=O) groups is 2. The van der Waals surface area contributed by atoms with Crippen LogP contribution in [0, 0.1) is 6.92 Å². The maximum Gasteiger partial charge on any atom is 0.411 e. The summed E-state index contributed by atoms with van der Waals surface area (Å²) in [6.07, 6.45) is 0.657. The van der Waals surface area contributed by atoms with E-state index in [0.29, 0.717) is 12.1 Å². The second kappa shape index (κ2) is 5.14. The number of benzene rings is 1. The Morgan fingerprint density at radius 2 is 2.27 bits per heavy atom. The second-order valence-electron chi connectivity index (χ2n) is 3.14. The molecule has 80 valence electrons. The molecule has 0 heterocycles. The molecule has 1 aromatic carbocycles. The summed E-state index contributed by atoms with van der Waals surface area (Å²) in [5, 5.41) is 2.58. The zero-order valence-electron chi connectivity index (χ0n) is 8.74. The predicted molar refractivity (Wildman–Crippen MR) is 57.0 cm³/mol. The minimum Gasteiger partial charge on any atom is -0.453 e. The number of nitrogens with one attached hydrogen (secondary N) is 1. The lowest BCUT2D eigenvalue weighted by atomic mass is 10.1. The van der Waals surface area contributed by atoms with Gasteiger partial charge in [-0.05, 0) is 24.1 Å². The van der Waals surface area contributed by atoms with Gasteiger partial charge in [0.15, 0.2) is 0 Å². The van der Waals surface area contributed by atoms with Gasteiger partial charge in [-0.1, -0.05) is 12.1 Å². The van der Waals surface area contributed by atoms with E-state index in [1.54, 1.807) is 6.07 Å². The molecule has 0 aliphatic heterocycles. The molecule has 1 amide bonds. The van der Waals surface area contributed by atoms with Crippen LogP contribution in [0.1, 0.15) is 11.1 Å². The van der Waals surface area contributed by atoms with E-state index in [0.717, 1.165) is 17.4 Å². The third-order valence-electron chi connectivity index (χ3n) is 2.04. The number of carbonyl (C=O) groups excluding carboxylic acids is 2. The van der Waals surface area contributed by atoms with Gasteiger partial charge >= 0.3 is 6.09 Å². The maximum absolute atomic E-state index is 11.0. The first kappa shape index (κ1) is 11.2. The fourth-order valence-corrected chi connectivity index (χ4v) is 1.19. The van der Waals surface area contributed by atoms with E-state index in [2.05, 4.69) is 10.1 Å². The van der Waals surface area contributed by atoms with Crippen molar-refractivity contribution in [1.82, 2.24) is 0 Å². The minimum atomic E-state index is -0.513. The van der Waals surface area contributed by atoms with Gasteiger partial charge in [-0.15, -0.1) is 0 Å². The molecule has 4 heteroatoms. The molecular formula is C11H13NO3. The number of methoxy groups -OCH3 is 1. The van der Waals surface area contributed by atoms with Gasteiger partial charge in [0.1, 0.15) is 6.29 Å². The largest absolute Gasteiger partial charge is 0.453 e. The zero-order valence-corrected chi connectivity index (χ0v) is 8.74. The lowest BCUT2D eigenvalue weighted by Gasteiger charge is -2.08. The lowest BCUT2D eigenvalue weighted by Crippen LogP contribution is -2.12. The highest BCUT2D eigenvalue weighted by Crippen LogP contribution is 2.17. The summed E-state index contributed by atoms with van der Waals surface area (Å²) in [4.78, 5) is 21.3. The summed E-state index contributed by atoms with van der Waals surface area (Å²) in [5.41, 5.74) is 2.46. The Kier molecular flexibility index (Phi) is 3.85. The van der Waals surface area contributed by atoms with Crippen LogP contribution in [-0.2, 0) is 16.0 Å². The maximum atomic E-state index is 11.0. The van der Waals surface area contributed by atoms with Crippen molar-refractivity contribution in [2.24, 2.45) is 0 Å². The van der Waals surface area contributed by atoms with Crippen molar-refractivity contribution in [2.45, 2.75) is 13.3 Å². The Labute approximate surface area is 88.2 Å². The molecule has 0 saturated carbocycles. The standard InChI is InChI=1S/C11H13NO3/c1-8-3-4-9(5-6-13)7-10(8)12-11(14)15-2/h3-4,6-7H,5H2,1-2H3,(H,12,14). The normalized spacial score (nSPS) is 9.47. The Morgan fingerprint density at radius 3 is 2.87 bits per heavy atom. The summed E-state index contributed by atoms with van der Waals surface area (Å²) in [5.74, 6) is 0. The number of hydrogen-bond donors (Lipinski definition) is 1. The molecule has 0 saturated heterocycles. The smallest absolute Gasteiger partial charge is 0.411 e. The van der Waals surface area contributed by atoms with Crippen molar-refractivity contribution < 1.29 is 14.3 Å². The fourth-order valence-electron chi connectivity index (χ4n) is 1.19. The Bertz CT molecular complexity index is 374. The number of hydrogen-bond acceptors (Lipinski definition) is 3. The van der Waals surface area contributed by atoms with Gasteiger partial charge in [0.2, 0.25) is 0 Å². The first-order chi connectivity index (χ1) is 7.17. The molecule has 1 N–H and O–H groups in total. The van der Waals surface area contributed by atoms with Crippen LogP contribution in [0.25, 0.3) is 0 Å². The molecule has 0 fully saturated rings. The molecule has 1 aromatic rings. The Balaban J connectivity index is 2.89. The highest BCUT2D eigenvalue weighted by Gasteiger charge is 2.04. The average Bonchev–Trinajstić information content (AvgIpc) is 2.23. The van der Waals surface area contributed by atoms with Crippen molar-refractivity contribution in [3.63, 3.8) is 0 Å². The van der Waals surface area contributed by atoms with Crippen LogP contribution in [0.2, 0.25) is 0 Å². The van der Waals surface area contributed by atoms with Crippen molar-refractivity contribution in [1.29, 1.82) is 0 Å². The van der Waals surface area contributed by atoms with Crippen LogP contribution >= 0.6 is 0 Å². The number of ether oxygens (including phenoxy) is 1. The minimum absolute atomic E-state index is 0.343. The molecule has 0 unspecified atom stereocenters. The first-order valence-electron chi connectivity index (χ1n) is 4.55. The number of rotatable bonds is 3. The summed E-state index contributed by atoms with van der Waals surface area (Å²) >= 11 is 0. The molecule has 0 radical (unpaired) electrons. The average molecular weight is 207 g/mol. The van der Waals surface area contributed by atoms with Crippen LogP contribution in [-0.4, -0.2) is 19.5 Å². The van der Waals surface area contributed by atoms with E-state index in [1.165, 1.54) is 7.11 Å².